The van der Waals surface area contributed by atoms with Crippen LogP contribution in [0.4, 0.5) is 13.2 Å². The summed E-state index contributed by atoms with van der Waals surface area (Å²) in [4.78, 5) is 35.6. The summed E-state index contributed by atoms with van der Waals surface area (Å²) in [5, 5.41) is 2.97. The van der Waals surface area contributed by atoms with E-state index in [1.54, 1.807) is 0 Å². The van der Waals surface area contributed by atoms with Crippen LogP contribution in [0.2, 0.25) is 0 Å². The first-order valence-corrected chi connectivity index (χ1v) is 7.34. The van der Waals surface area contributed by atoms with E-state index in [1.807, 2.05) is 0 Å². The maximum absolute atomic E-state index is 12.7. The minimum Gasteiger partial charge on any atom is -0.292 e. The summed E-state index contributed by atoms with van der Waals surface area (Å²) in [6.45, 7) is 0. The van der Waals surface area contributed by atoms with Gasteiger partial charge in [-0.3, -0.25) is 14.4 Å². The van der Waals surface area contributed by atoms with E-state index in [4.69, 9.17) is 0 Å². The molecule has 0 fully saturated rings. The molecule has 0 aliphatic heterocycles. The molecule has 0 aliphatic rings. The zero-order chi connectivity index (χ0) is 15.6. The molecule has 2 aromatic heterocycles. The van der Waals surface area contributed by atoms with Crippen LogP contribution in [0.25, 0.3) is 0 Å². The third-order valence-corrected chi connectivity index (χ3v) is 4.36. The number of carbonyl (C=O) groups is 3. The fourth-order valence-electron chi connectivity index (χ4n) is 1.64. The Balaban J connectivity index is 2.42. The number of thiophene rings is 2. The summed E-state index contributed by atoms with van der Waals surface area (Å²) in [6, 6.07) is 5.49. The minimum atomic E-state index is -5.25. The van der Waals surface area contributed by atoms with E-state index in [2.05, 4.69) is 0 Å². The fraction of sp³-hybridized carbons (Fsp3) is 0.154. The molecule has 2 rings (SSSR count). The Bertz CT molecular complexity index is 611. The minimum absolute atomic E-state index is 0.0532. The molecule has 0 aromatic carbocycles. The van der Waals surface area contributed by atoms with Crippen molar-refractivity contribution >= 4 is 40.0 Å². The van der Waals surface area contributed by atoms with Gasteiger partial charge in [-0.15, -0.1) is 22.7 Å². The van der Waals surface area contributed by atoms with Gasteiger partial charge in [0.05, 0.1) is 9.75 Å². The Morgan fingerprint density at radius 3 is 1.62 bits per heavy atom. The zero-order valence-electron chi connectivity index (χ0n) is 10.2. The van der Waals surface area contributed by atoms with E-state index < -0.39 is 29.4 Å². The number of carbonyl (C=O) groups excluding carboxylic acids is 3. The van der Waals surface area contributed by atoms with Crippen molar-refractivity contribution in [3.05, 3.63) is 44.8 Å². The van der Waals surface area contributed by atoms with Gasteiger partial charge in [-0.1, -0.05) is 12.1 Å². The lowest BCUT2D eigenvalue weighted by molar-refractivity contribution is -0.172. The fourth-order valence-corrected chi connectivity index (χ4v) is 3.03. The number of halogens is 3. The van der Waals surface area contributed by atoms with E-state index >= 15 is 0 Å². The first-order chi connectivity index (χ1) is 9.82. The first-order valence-electron chi connectivity index (χ1n) is 5.59. The summed E-state index contributed by atoms with van der Waals surface area (Å²) in [6.07, 6.45) is -5.25. The molecule has 110 valence electrons. The summed E-state index contributed by atoms with van der Waals surface area (Å²) in [5.74, 6) is -6.95. The van der Waals surface area contributed by atoms with E-state index in [1.165, 1.54) is 35.0 Å². The maximum Gasteiger partial charge on any atom is 0.451 e. The van der Waals surface area contributed by atoms with Gasteiger partial charge in [-0.2, -0.15) is 13.2 Å². The van der Waals surface area contributed by atoms with Crippen molar-refractivity contribution in [2.45, 2.75) is 6.18 Å². The molecular formula is C13H7F3O3S2. The van der Waals surface area contributed by atoms with Gasteiger partial charge in [0.15, 0.2) is 17.5 Å². The molecule has 0 spiro atoms. The number of ketones is 3. The number of hydrogen-bond donors (Lipinski definition) is 0. The molecule has 8 heteroatoms. The van der Waals surface area contributed by atoms with Crippen LogP contribution in [-0.4, -0.2) is 23.5 Å². The molecule has 0 aliphatic carbocycles. The number of hydrogen-bond acceptors (Lipinski definition) is 5. The van der Waals surface area contributed by atoms with Gasteiger partial charge in [0, 0.05) is 0 Å². The van der Waals surface area contributed by atoms with Gasteiger partial charge >= 0.3 is 6.18 Å². The second-order valence-corrected chi connectivity index (χ2v) is 5.87. The van der Waals surface area contributed by atoms with Crippen molar-refractivity contribution in [1.29, 1.82) is 0 Å². The predicted molar refractivity (Wildman–Crippen MR) is 71.9 cm³/mol. The van der Waals surface area contributed by atoms with Crippen LogP contribution in [0.3, 0.4) is 0 Å². The molecule has 21 heavy (non-hydrogen) atoms. The highest BCUT2D eigenvalue weighted by Crippen LogP contribution is 2.28. The van der Waals surface area contributed by atoms with Crippen molar-refractivity contribution in [3.63, 3.8) is 0 Å². The molecule has 0 saturated heterocycles. The third kappa shape index (κ3) is 3.27. The predicted octanol–water partition coefficient (Wildman–Crippen LogP) is 3.62. The SMILES string of the molecule is O=C(c1cccs1)C(C(=O)c1cccs1)C(=O)C(F)(F)F. The summed E-state index contributed by atoms with van der Waals surface area (Å²) >= 11 is 1.77. The van der Waals surface area contributed by atoms with Crippen molar-refractivity contribution < 1.29 is 27.6 Å². The smallest absolute Gasteiger partial charge is 0.292 e. The molecule has 0 atom stereocenters. The number of Topliss-reactive ketones (excluding diaryl/α,β-unsaturated/α-hetero) is 3. The lowest BCUT2D eigenvalue weighted by Crippen LogP contribution is -2.40. The Labute approximate surface area is 125 Å². The standard InChI is InChI=1S/C13H7F3O3S2/c14-13(15,16)12(19)9(10(17)7-3-1-5-20-7)11(18)8-4-2-6-21-8/h1-6,9H. The Morgan fingerprint density at radius 2 is 1.33 bits per heavy atom. The van der Waals surface area contributed by atoms with Gasteiger partial charge < -0.3 is 0 Å². The molecule has 0 bridgehead atoms. The van der Waals surface area contributed by atoms with Crippen LogP contribution in [0, 0.1) is 5.92 Å². The van der Waals surface area contributed by atoms with E-state index in [9.17, 15) is 27.6 Å². The highest BCUT2D eigenvalue weighted by atomic mass is 32.1. The summed E-state index contributed by atoms with van der Waals surface area (Å²) in [7, 11) is 0. The first kappa shape index (κ1) is 15.6. The highest BCUT2D eigenvalue weighted by Gasteiger charge is 2.50. The Hall–Kier alpha value is -1.80. The molecule has 0 saturated carbocycles. The zero-order valence-corrected chi connectivity index (χ0v) is 11.8. The van der Waals surface area contributed by atoms with Crippen molar-refractivity contribution in [1.82, 2.24) is 0 Å². The van der Waals surface area contributed by atoms with Crippen LogP contribution in [-0.2, 0) is 4.79 Å². The summed E-state index contributed by atoms with van der Waals surface area (Å²) in [5.41, 5.74) is 0. The maximum atomic E-state index is 12.7. The largest absolute Gasteiger partial charge is 0.451 e. The van der Waals surface area contributed by atoms with Gasteiger partial charge in [0.25, 0.3) is 5.78 Å². The van der Waals surface area contributed by atoms with Gasteiger partial charge in [0.2, 0.25) is 0 Å². The summed E-state index contributed by atoms with van der Waals surface area (Å²) < 4.78 is 38.0. The van der Waals surface area contributed by atoms with Crippen LogP contribution < -0.4 is 0 Å². The Kier molecular flexibility index (Phi) is 4.38. The van der Waals surface area contributed by atoms with Crippen molar-refractivity contribution in [2.24, 2.45) is 5.92 Å². The quantitative estimate of drug-likeness (QED) is 0.621. The van der Waals surface area contributed by atoms with Crippen LogP contribution >= 0.6 is 22.7 Å². The van der Waals surface area contributed by atoms with Crippen LogP contribution in [0.15, 0.2) is 35.0 Å². The topological polar surface area (TPSA) is 51.2 Å². The lowest BCUT2D eigenvalue weighted by Gasteiger charge is -2.14. The van der Waals surface area contributed by atoms with E-state index in [0.717, 1.165) is 22.7 Å². The molecule has 0 amide bonds. The normalized spacial score (nSPS) is 11.6. The van der Waals surface area contributed by atoms with E-state index in [-0.39, 0.29) is 9.75 Å². The van der Waals surface area contributed by atoms with Crippen molar-refractivity contribution in [3.8, 4) is 0 Å². The molecule has 0 radical (unpaired) electrons. The van der Waals surface area contributed by atoms with Gasteiger partial charge in [0.1, 0.15) is 0 Å². The average molecular weight is 332 g/mol. The van der Waals surface area contributed by atoms with Crippen LogP contribution in [0.1, 0.15) is 19.3 Å². The number of alkyl halides is 3. The third-order valence-electron chi connectivity index (χ3n) is 2.59. The molecule has 3 nitrogen and oxygen atoms in total. The average Bonchev–Trinajstić information content (AvgIpc) is 3.10. The monoisotopic (exact) mass is 332 g/mol. The number of rotatable bonds is 5. The molecule has 0 unspecified atom stereocenters. The van der Waals surface area contributed by atoms with Gasteiger partial charge in [-0.25, -0.2) is 0 Å². The van der Waals surface area contributed by atoms with Gasteiger partial charge in [-0.05, 0) is 22.9 Å². The van der Waals surface area contributed by atoms with Crippen molar-refractivity contribution in [2.75, 3.05) is 0 Å². The van der Waals surface area contributed by atoms with E-state index in [0.29, 0.717) is 0 Å². The van der Waals surface area contributed by atoms with Crippen LogP contribution in [0.5, 0.6) is 0 Å². The highest BCUT2D eigenvalue weighted by molar-refractivity contribution is 7.13. The Morgan fingerprint density at radius 1 is 0.905 bits per heavy atom. The molecule has 0 N–H and O–H groups in total. The molecule has 2 heterocycles. The second-order valence-electron chi connectivity index (χ2n) is 3.98. The lowest BCUT2D eigenvalue weighted by atomic mass is 9.92. The second kappa shape index (κ2) is 5.90. The molecular weight excluding hydrogens is 325 g/mol. The molecule has 2 aromatic rings.